The Morgan fingerprint density at radius 1 is 1.21 bits per heavy atom. The number of halogens is 1. The van der Waals surface area contributed by atoms with Crippen LogP contribution < -0.4 is 20.1 Å². The van der Waals surface area contributed by atoms with E-state index in [-0.39, 0.29) is 41.5 Å². The minimum Gasteiger partial charge on any atom is -0.476 e. The summed E-state index contributed by atoms with van der Waals surface area (Å²) in [7, 11) is -4.42. The van der Waals surface area contributed by atoms with Crippen molar-refractivity contribution in [2.24, 2.45) is 0 Å². The number of nitrogen functional groups attached to an aromatic ring is 1. The van der Waals surface area contributed by atoms with Gasteiger partial charge >= 0.3 is 13.7 Å². The van der Waals surface area contributed by atoms with Crippen LogP contribution in [-0.4, -0.2) is 73.8 Å². The number of aromatic nitrogens is 4. The molecule has 1 aliphatic heterocycles. The lowest BCUT2D eigenvalue weighted by atomic mass is 9.98. The number of ether oxygens (including phenoxy) is 3. The third kappa shape index (κ3) is 6.96. The Hall–Kier alpha value is -3.88. The van der Waals surface area contributed by atoms with Crippen molar-refractivity contribution in [2.75, 3.05) is 18.9 Å². The van der Waals surface area contributed by atoms with Crippen LogP contribution in [0.1, 0.15) is 59.1 Å². The van der Waals surface area contributed by atoms with Gasteiger partial charge in [-0.1, -0.05) is 42.8 Å². The highest BCUT2D eigenvalue weighted by Crippen LogP contribution is 2.49. The number of esters is 1. The second-order valence-electron chi connectivity index (χ2n) is 12.2. The standard InChI is InChI=1S/C32H40FN6O8P/c1-4-43-28-25-27(36-31(34)37-28)39(18-35-25)30-32(3,41)26(33)24(46-30)17-44-48(42,38-19(2)29(40)45-21-13-6-5-7-14-21)47-23-16-10-12-20-11-8-9-15-22(20)23/h8-12,15-16,18-19,21,24,26,30,41H,4-7,13-14,17H2,1-3H3,(H,38,42)(H2,34,36,37)/t19-,24+,26+,30+,32+,48?/m0/s1. The summed E-state index contributed by atoms with van der Waals surface area (Å²) in [5.74, 6) is -0.383. The van der Waals surface area contributed by atoms with Crippen molar-refractivity contribution in [1.29, 1.82) is 0 Å². The van der Waals surface area contributed by atoms with Gasteiger partial charge in [0, 0.05) is 5.39 Å². The Morgan fingerprint density at radius 3 is 2.73 bits per heavy atom. The summed E-state index contributed by atoms with van der Waals surface area (Å²) in [4.78, 5) is 25.6. The molecule has 2 fully saturated rings. The Balaban J connectivity index is 1.24. The normalized spacial score (nSPS) is 25.1. The van der Waals surface area contributed by atoms with Crippen molar-refractivity contribution in [2.45, 2.75) is 89.1 Å². The molecule has 258 valence electrons. The quantitative estimate of drug-likeness (QED) is 0.134. The molecule has 0 spiro atoms. The van der Waals surface area contributed by atoms with Crippen molar-refractivity contribution in [3.63, 3.8) is 0 Å². The van der Waals surface area contributed by atoms with Crippen LogP contribution in [0.15, 0.2) is 48.8 Å². The first-order chi connectivity index (χ1) is 23.0. The van der Waals surface area contributed by atoms with Gasteiger partial charge in [-0.05, 0) is 57.9 Å². The van der Waals surface area contributed by atoms with Gasteiger partial charge in [-0.2, -0.15) is 15.1 Å². The topological polar surface area (TPSA) is 182 Å². The third-order valence-corrected chi connectivity index (χ3v) is 10.2. The number of carbonyl (C=O) groups is 1. The van der Waals surface area contributed by atoms with E-state index in [0.29, 0.717) is 5.39 Å². The number of anilines is 1. The lowest BCUT2D eigenvalue weighted by Crippen LogP contribution is -2.42. The zero-order valence-corrected chi connectivity index (χ0v) is 27.8. The van der Waals surface area contributed by atoms with Gasteiger partial charge in [-0.25, -0.2) is 13.9 Å². The summed E-state index contributed by atoms with van der Waals surface area (Å²) >= 11 is 0. The number of imidazole rings is 1. The molecule has 1 unspecified atom stereocenters. The minimum atomic E-state index is -4.42. The monoisotopic (exact) mass is 686 g/mol. The molecule has 0 amide bonds. The van der Waals surface area contributed by atoms with E-state index in [1.807, 2.05) is 18.2 Å². The first-order valence-electron chi connectivity index (χ1n) is 16.0. The molecule has 3 heterocycles. The number of nitrogens with one attached hydrogen (secondary N) is 1. The van der Waals surface area contributed by atoms with Gasteiger partial charge in [0.25, 0.3) is 0 Å². The molecule has 48 heavy (non-hydrogen) atoms. The molecule has 4 N–H and O–H groups in total. The number of nitrogens with two attached hydrogens (primary N) is 1. The fraction of sp³-hybridized carbons (Fsp3) is 0.500. The zero-order valence-electron chi connectivity index (χ0n) is 27.0. The summed E-state index contributed by atoms with van der Waals surface area (Å²) in [6, 6.07) is 11.4. The smallest absolute Gasteiger partial charge is 0.459 e. The van der Waals surface area contributed by atoms with E-state index in [0.717, 1.165) is 37.5 Å². The van der Waals surface area contributed by atoms with Gasteiger partial charge in [0.1, 0.15) is 29.6 Å². The number of nitrogens with zero attached hydrogens (tertiary/aromatic N) is 4. The largest absolute Gasteiger partial charge is 0.476 e. The molecule has 14 nitrogen and oxygen atoms in total. The first kappa shape index (κ1) is 34.0. The fourth-order valence-corrected chi connectivity index (χ4v) is 7.60. The van der Waals surface area contributed by atoms with Crippen LogP contribution in [0.5, 0.6) is 11.6 Å². The number of alkyl halides is 1. The molecule has 0 bridgehead atoms. The average Bonchev–Trinajstić information content (AvgIpc) is 3.57. The summed E-state index contributed by atoms with van der Waals surface area (Å²) in [6.45, 7) is 4.18. The van der Waals surface area contributed by atoms with E-state index in [9.17, 15) is 14.5 Å². The van der Waals surface area contributed by atoms with E-state index in [4.69, 9.17) is 29.0 Å². The van der Waals surface area contributed by atoms with Crippen LogP contribution in [0.25, 0.3) is 21.9 Å². The van der Waals surface area contributed by atoms with E-state index >= 15 is 4.39 Å². The Labute approximate surface area is 276 Å². The van der Waals surface area contributed by atoms with Crippen molar-refractivity contribution < 1.29 is 42.1 Å². The number of aliphatic hydroxyl groups is 1. The average molecular weight is 687 g/mol. The van der Waals surface area contributed by atoms with Crippen molar-refractivity contribution >= 4 is 41.6 Å². The van der Waals surface area contributed by atoms with Crippen LogP contribution in [-0.2, 0) is 23.4 Å². The highest BCUT2D eigenvalue weighted by Gasteiger charge is 2.55. The SMILES string of the molecule is CCOc1nc(N)nc2c1ncn2[C@@H]1O[C@H](COP(=O)(N[C@@H](C)C(=O)OC2CCCCC2)Oc2cccc3ccccc23)[C@@H](F)[C@@]1(C)O. The zero-order chi connectivity index (χ0) is 34.1. The Kier molecular flexibility index (Phi) is 9.86. The van der Waals surface area contributed by atoms with Gasteiger partial charge in [-0.3, -0.25) is 13.9 Å². The highest BCUT2D eigenvalue weighted by atomic mass is 31.2. The van der Waals surface area contributed by atoms with Gasteiger partial charge < -0.3 is 29.6 Å². The molecule has 2 aromatic carbocycles. The first-order valence-corrected chi connectivity index (χ1v) is 17.6. The molecule has 0 radical (unpaired) electrons. The highest BCUT2D eigenvalue weighted by molar-refractivity contribution is 7.52. The van der Waals surface area contributed by atoms with Crippen molar-refractivity contribution in [3.8, 4) is 11.6 Å². The van der Waals surface area contributed by atoms with Gasteiger partial charge in [0.15, 0.2) is 23.6 Å². The number of benzene rings is 2. The van der Waals surface area contributed by atoms with Crippen LogP contribution in [0.2, 0.25) is 0 Å². The predicted octanol–water partition coefficient (Wildman–Crippen LogP) is 5.00. The summed E-state index contributed by atoms with van der Waals surface area (Å²) < 4.78 is 60.7. The molecule has 2 aliphatic rings. The van der Waals surface area contributed by atoms with E-state index in [1.165, 1.54) is 24.7 Å². The van der Waals surface area contributed by atoms with Crippen LogP contribution in [0, 0.1) is 0 Å². The molecule has 2 aromatic heterocycles. The second kappa shape index (κ2) is 13.9. The van der Waals surface area contributed by atoms with Gasteiger partial charge in [0.05, 0.1) is 19.5 Å². The van der Waals surface area contributed by atoms with Crippen LogP contribution in [0.4, 0.5) is 10.3 Å². The van der Waals surface area contributed by atoms with Crippen molar-refractivity contribution in [3.05, 3.63) is 48.8 Å². The number of fused-ring (bicyclic) bond motifs is 2. The number of carbonyl (C=O) groups excluding carboxylic acids is 1. The summed E-state index contributed by atoms with van der Waals surface area (Å²) in [6.07, 6.45) is 0.826. The molecule has 1 aliphatic carbocycles. The van der Waals surface area contributed by atoms with E-state index in [1.54, 1.807) is 31.2 Å². The molecule has 6 rings (SSSR count). The van der Waals surface area contributed by atoms with Crippen LogP contribution >= 0.6 is 7.75 Å². The molecule has 1 saturated heterocycles. The molecule has 6 atom stereocenters. The molecule has 16 heteroatoms. The van der Waals surface area contributed by atoms with Gasteiger partial charge in [-0.15, -0.1) is 0 Å². The number of hydrogen-bond donors (Lipinski definition) is 3. The van der Waals surface area contributed by atoms with Gasteiger partial charge in [0.2, 0.25) is 11.8 Å². The Morgan fingerprint density at radius 2 is 1.96 bits per heavy atom. The molecular weight excluding hydrogens is 646 g/mol. The lowest BCUT2D eigenvalue weighted by molar-refractivity contribution is -0.152. The van der Waals surface area contributed by atoms with E-state index < -0.39 is 50.5 Å². The predicted molar refractivity (Wildman–Crippen MR) is 174 cm³/mol. The van der Waals surface area contributed by atoms with E-state index in [2.05, 4.69) is 20.0 Å². The molecule has 4 aromatic rings. The fourth-order valence-electron chi connectivity index (χ4n) is 6.08. The minimum absolute atomic E-state index is 0.115. The summed E-state index contributed by atoms with van der Waals surface area (Å²) in [5, 5.41) is 15.5. The second-order valence-corrected chi connectivity index (χ2v) is 13.9. The molecule has 1 saturated carbocycles. The maximum atomic E-state index is 16.0. The van der Waals surface area contributed by atoms with Crippen molar-refractivity contribution in [1.82, 2.24) is 24.6 Å². The third-order valence-electron chi connectivity index (χ3n) is 8.55. The maximum Gasteiger partial charge on any atom is 0.459 e. The summed E-state index contributed by atoms with van der Waals surface area (Å²) in [5.41, 5.74) is 4.17. The molecular formula is C32H40FN6O8P. The van der Waals surface area contributed by atoms with Crippen LogP contribution in [0.3, 0.4) is 0 Å². The maximum absolute atomic E-state index is 16.0. The number of rotatable bonds is 12. The number of hydrogen-bond acceptors (Lipinski definition) is 12. The Bertz CT molecular complexity index is 1810. The lowest BCUT2D eigenvalue weighted by Gasteiger charge is -2.27.